The summed E-state index contributed by atoms with van der Waals surface area (Å²) in [5.74, 6) is -2.61. The van der Waals surface area contributed by atoms with Gasteiger partial charge in [-0.2, -0.15) is 0 Å². The second-order valence-electron chi connectivity index (χ2n) is 11.0. The van der Waals surface area contributed by atoms with Gasteiger partial charge in [0.2, 0.25) is 5.91 Å². The normalized spacial score (nSPS) is 14.4. The van der Waals surface area contributed by atoms with Gasteiger partial charge in [0.25, 0.3) is 0 Å². The number of rotatable bonds is 8. The van der Waals surface area contributed by atoms with Crippen LogP contribution in [0.2, 0.25) is 0 Å². The molecule has 1 unspecified atom stereocenters. The first-order chi connectivity index (χ1) is 21.0. The molecule has 0 bridgehead atoms. The third-order valence-corrected chi connectivity index (χ3v) is 7.63. The van der Waals surface area contributed by atoms with Crippen LogP contribution in [0.25, 0.3) is 17.2 Å². The SMILES string of the molecule is Cc1nc2c(OCc3c(F)cccc3F)cccn2c1-c1nc(NCC(N)c2ccc(F)c(F)c2)c2c(n1)NC(=O)C2(C)C. The van der Waals surface area contributed by atoms with Crippen molar-refractivity contribution in [3.05, 3.63) is 100 Å². The molecule has 1 amide bonds. The zero-order valence-electron chi connectivity index (χ0n) is 23.9. The molecule has 0 saturated heterocycles. The Bertz CT molecular complexity index is 1920. The van der Waals surface area contributed by atoms with Gasteiger partial charge in [-0.1, -0.05) is 12.1 Å². The number of fused-ring (bicyclic) bond motifs is 2. The summed E-state index contributed by atoms with van der Waals surface area (Å²) in [6.07, 6.45) is 1.71. The summed E-state index contributed by atoms with van der Waals surface area (Å²) < 4.78 is 63.2. The van der Waals surface area contributed by atoms with Gasteiger partial charge in [-0.25, -0.2) is 32.5 Å². The highest BCUT2D eigenvalue weighted by molar-refractivity contribution is 6.06. The maximum Gasteiger partial charge on any atom is 0.235 e. The fourth-order valence-electron chi connectivity index (χ4n) is 5.18. The Labute approximate surface area is 249 Å². The van der Waals surface area contributed by atoms with Crippen molar-refractivity contribution in [3.8, 4) is 17.3 Å². The summed E-state index contributed by atoms with van der Waals surface area (Å²) in [5.41, 5.74) is 7.34. The Balaban J connectivity index is 1.37. The van der Waals surface area contributed by atoms with Crippen LogP contribution in [-0.4, -0.2) is 31.8 Å². The lowest BCUT2D eigenvalue weighted by Gasteiger charge is -2.21. The third kappa shape index (κ3) is 4.98. The van der Waals surface area contributed by atoms with Crippen LogP contribution in [0, 0.1) is 30.2 Å². The first-order valence-corrected chi connectivity index (χ1v) is 13.7. The van der Waals surface area contributed by atoms with Crippen molar-refractivity contribution in [2.45, 2.75) is 38.8 Å². The number of carbonyl (C=O) groups is 1. The predicted molar refractivity (Wildman–Crippen MR) is 155 cm³/mol. The number of halogens is 4. The minimum Gasteiger partial charge on any atom is -0.485 e. The van der Waals surface area contributed by atoms with E-state index in [9.17, 15) is 22.4 Å². The van der Waals surface area contributed by atoms with Gasteiger partial charge in [0.05, 0.1) is 22.2 Å². The van der Waals surface area contributed by atoms with Crippen LogP contribution in [0.5, 0.6) is 5.75 Å². The molecular weight excluding hydrogens is 578 g/mol. The van der Waals surface area contributed by atoms with Crippen LogP contribution in [0.4, 0.5) is 29.2 Å². The predicted octanol–water partition coefficient (Wildman–Crippen LogP) is 5.58. The standard InChI is InChI=1S/C31H27F4N7O2/c1-15-25(42-11-5-8-23(29(42)38-15)44-14-17-18(32)6-4-7-19(17)33)28-39-26(24-27(40-28)41-30(43)31(24,2)3)37-13-22(36)16-9-10-20(34)21(35)12-16/h4-12,22H,13-14,36H2,1-3H3,(H2,37,39,40,41,43). The monoisotopic (exact) mass is 605 g/mol. The van der Waals surface area contributed by atoms with Gasteiger partial charge >= 0.3 is 0 Å². The molecule has 0 saturated carbocycles. The van der Waals surface area contributed by atoms with Crippen molar-refractivity contribution >= 4 is 23.2 Å². The van der Waals surface area contributed by atoms with E-state index in [1.54, 1.807) is 43.5 Å². The summed E-state index contributed by atoms with van der Waals surface area (Å²) in [7, 11) is 0. The van der Waals surface area contributed by atoms with Crippen molar-refractivity contribution in [2.24, 2.45) is 5.73 Å². The van der Waals surface area contributed by atoms with Crippen LogP contribution in [0.1, 0.15) is 42.3 Å². The number of aromatic nitrogens is 4. The fraction of sp³-hybridized carbons (Fsp3) is 0.226. The zero-order chi connectivity index (χ0) is 31.3. The lowest BCUT2D eigenvalue weighted by Crippen LogP contribution is -2.28. The molecule has 1 atom stereocenters. The molecule has 13 heteroatoms. The van der Waals surface area contributed by atoms with Crippen LogP contribution < -0.4 is 21.1 Å². The molecule has 4 N–H and O–H groups in total. The molecule has 0 radical (unpaired) electrons. The minimum absolute atomic E-state index is 0.0783. The second kappa shape index (κ2) is 10.9. The minimum atomic E-state index is -1.01. The number of amides is 1. The summed E-state index contributed by atoms with van der Waals surface area (Å²) >= 11 is 0. The summed E-state index contributed by atoms with van der Waals surface area (Å²) in [5, 5.41) is 5.99. The fourth-order valence-corrected chi connectivity index (χ4v) is 5.18. The maximum absolute atomic E-state index is 14.2. The maximum atomic E-state index is 14.2. The number of imidazole rings is 1. The van der Waals surface area contributed by atoms with E-state index in [1.165, 1.54) is 12.1 Å². The molecule has 4 heterocycles. The molecule has 226 valence electrons. The number of anilines is 2. The highest BCUT2D eigenvalue weighted by atomic mass is 19.2. The number of aryl methyl sites for hydroxylation is 1. The molecule has 5 aromatic rings. The van der Waals surface area contributed by atoms with Gasteiger partial charge in [-0.05, 0) is 62.7 Å². The van der Waals surface area contributed by atoms with Crippen LogP contribution >= 0.6 is 0 Å². The third-order valence-electron chi connectivity index (χ3n) is 7.63. The summed E-state index contributed by atoms with van der Waals surface area (Å²) in [6.45, 7) is 4.93. The van der Waals surface area contributed by atoms with Crippen LogP contribution in [0.15, 0.2) is 54.7 Å². The van der Waals surface area contributed by atoms with E-state index >= 15 is 0 Å². The highest BCUT2D eigenvalue weighted by Gasteiger charge is 2.43. The number of nitrogens with one attached hydrogen (secondary N) is 2. The van der Waals surface area contributed by atoms with Gasteiger partial charge < -0.3 is 21.1 Å². The Morgan fingerprint density at radius 3 is 2.48 bits per heavy atom. The zero-order valence-corrected chi connectivity index (χ0v) is 23.9. The number of carbonyl (C=O) groups excluding carboxylic acids is 1. The lowest BCUT2D eigenvalue weighted by atomic mass is 9.87. The van der Waals surface area contributed by atoms with Crippen molar-refractivity contribution < 1.29 is 27.1 Å². The van der Waals surface area contributed by atoms with E-state index in [1.807, 2.05) is 0 Å². The van der Waals surface area contributed by atoms with E-state index in [0.717, 1.165) is 24.3 Å². The molecule has 6 rings (SSSR count). The van der Waals surface area contributed by atoms with Crippen LogP contribution in [0.3, 0.4) is 0 Å². The average molecular weight is 606 g/mol. The lowest BCUT2D eigenvalue weighted by molar-refractivity contribution is -0.119. The Morgan fingerprint density at radius 2 is 1.75 bits per heavy atom. The van der Waals surface area contributed by atoms with Gasteiger partial charge in [0.15, 0.2) is 28.9 Å². The Morgan fingerprint density at radius 1 is 1.00 bits per heavy atom. The number of benzene rings is 2. The molecule has 1 aliphatic heterocycles. The number of nitrogens with zero attached hydrogens (tertiary/aromatic N) is 4. The Hall–Kier alpha value is -5.04. The molecular formula is C31H27F4N7O2. The molecule has 2 aromatic carbocycles. The largest absolute Gasteiger partial charge is 0.485 e. The highest BCUT2D eigenvalue weighted by Crippen LogP contribution is 2.42. The van der Waals surface area contributed by atoms with E-state index in [2.05, 4.69) is 20.6 Å². The smallest absolute Gasteiger partial charge is 0.235 e. The van der Waals surface area contributed by atoms with E-state index in [-0.39, 0.29) is 36.2 Å². The van der Waals surface area contributed by atoms with Crippen LogP contribution in [-0.2, 0) is 16.8 Å². The molecule has 0 spiro atoms. The van der Waals surface area contributed by atoms with Crippen molar-refractivity contribution in [1.82, 2.24) is 19.4 Å². The molecule has 9 nitrogen and oxygen atoms in total. The second-order valence-corrected chi connectivity index (χ2v) is 11.0. The van der Waals surface area contributed by atoms with Crippen molar-refractivity contribution in [3.63, 3.8) is 0 Å². The number of pyridine rings is 1. The quantitative estimate of drug-likeness (QED) is 0.198. The van der Waals surface area contributed by atoms with Gasteiger partial charge in [0, 0.05) is 18.8 Å². The summed E-state index contributed by atoms with van der Waals surface area (Å²) in [4.78, 5) is 26.9. The van der Waals surface area contributed by atoms with E-state index in [0.29, 0.717) is 39.8 Å². The first-order valence-electron chi connectivity index (χ1n) is 13.7. The van der Waals surface area contributed by atoms with E-state index < -0.39 is 34.7 Å². The summed E-state index contributed by atoms with van der Waals surface area (Å²) in [6, 6.07) is 9.61. The van der Waals surface area contributed by atoms with Gasteiger partial charge in [-0.15, -0.1) is 0 Å². The molecule has 1 aliphatic rings. The van der Waals surface area contributed by atoms with Gasteiger partial charge in [-0.3, -0.25) is 9.20 Å². The number of hydrogen-bond donors (Lipinski definition) is 3. The van der Waals surface area contributed by atoms with Crippen molar-refractivity contribution in [2.75, 3.05) is 17.2 Å². The first kappa shape index (κ1) is 29.1. The van der Waals surface area contributed by atoms with Gasteiger partial charge in [0.1, 0.15) is 35.6 Å². The van der Waals surface area contributed by atoms with Crippen molar-refractivity contribution in [1.29, 1.82) is 0 Å². The molecule has 3 aromatic heterocycles. The number of nitrogens with two attached hydrogens (primary N) is 1. The molecule has 0 aliphatic carbocycles. The Kier molecular flexibility index (Phi) is 7.20. The number of ether oxygens (including phenoxy) is 1. The molecule has 44 heavy (non-hydrogen) atoms. The molecule has 0 fully saturated rings. The van der Waals surface area contributed by atoms with E-state index in [4.69, 9.17) is 15.5 Å². The average Bonchev–Trinajstić information content (AvgIpc) is 3.44. The number of hydrogen-bond acceptors (Lipinski definition) is 7. The topological polar surface area (TPSA) is 119 Å².